The molecule has 0 fully saturated rings. The highest BCUT2D eigenvalue weighted by molar-refractivity contribution is 5.98. The fourth-order valence-electron chi connectivity index (χ4n) is 2.54. The van der Waals surface area contributed by atoms with Crippen LogP contribution in [0.25, 0.3) is 10.9 Å². The number of H-pyrrole nitrogens is 1. The van der Waals surface area contributed by atoms with Crippen molar-refractivity contribution in [2.75, 3.05) is 0 Å². The molecule has 0 saturated carbocycles. The molecule has 0 aliphatic rings. The van der Waals surface area contributed by atoms with E-state index in [1.54, 1.807) is 0 Å². The van der Waals surface area contributed by atoms with Crippen molar-refractivity contribution in [2.24, 2.45) is 0 Å². The number of rotatable bonds is 4. The highest BCUT2D eigenvalue weighted by Crippen LogP contribution is 2.18. The molecule has 2 N–H and O–H groups in total. The summed E-state index contributed by atoms with van der Waals surface area (Å²) >= 11 is 0. The highest BCUT2D eigenvalue weighted by Gasteiger charge is 2.14. The molecule has 2 aromatic carbocycles. The number of nitrogens with one attached hydrogen (secondary N) is 2. The summed E-state index contributed by atoms with van der Waals surface area (Å²) in [5.74, 6) is -0.0335. The van der Waals surface area contributed by atoms with Gasteiger partial charge >= 0.3 is 0 Å². The van der Waals surface area contributed by atoms with Crippen molar-refractivity contribution in [1.82, 2.24) is 10.3 Å². The molecule has 1 atom stereocenters. The van der Waals surface area contributed by atoms with E-state index in [1.807, 2.05) is 60.8 Å². The van der Waals surface area contributed by atoms with Gasteiger partial charge in [0.2, 0.25) is 0 Å². The van der Waals surface area contributed by atoms with Gasteiger partial charge in [-0.1, -0.05) is 37.3 Å². The van der Waals surface area contributed by atoms with Crippen LogP contribution in [-0.2, 0) is 0 Å². The lowest BCUT2D eigenvalue weighted by Crippen LogP contribution is -2.28. The number of hydrogen-bond acceptors (Lipinski definition) is 1. The normalized spacial score (nSPS) is 12.2. The molecule has 3 heteroatoms. The molecule has 0 saturated heterocycles. The first-order valence-electron chi connectivity index (χ1n) is 7.21. The standard InChI is InChI=1S/C18H18N2O/c1-2-16(13-6-4-3-5-7-13)20-18(21)15-8-9-17-14(12-15)10-11-19-17/h3-12,16,19H,2H2,1H3,(H,20,21). The lowest BCUT2D eigenvalue weighted by atomic mass is 10.0. The molecule has 106 valence electrons. The fourth-order valence-corrected chi connectivity index (χ4v) is 2.54. The van der Waals surface area contributed by atoms with Crippen LogP contribution in [0.1, 0.15) is 35.3 Å². The summed E-state index contributed by atoms with van der Waals surface area (Å²) in [7, 11) is 0. The van der Waals surface area contributed by atoms with Gasteiger partial charge in [-0.15, -0.1) is 0 Å². The third-order valence-electron chi connectivity index (χ3n) is 3.73. The molecule has 0 radical (unpaired) electrons. The summed E-state index contributed by atoms with van der Waals surface area (Å²) in [5.41, 5.74) is 2.87. The Labute approximate surface area is 124 Å². The Morgan fingerprint density at radius 2 is 1.95 bits per heavy atom. The van der Waals surface area contributed by atoms with Crippen LogP contribution in [0, 0.1) is 0 Å². The summed E-state index contributed by atoms with van der Waals surface area (Å²) < 4.78 is 0. The fraction of sp³-hybridized carbons (Fsp3) is 0.167. The number of aromatic nitrogens is 1. The first-order chi connectivity index (χ1) is 10.3. The van der Waals surface area contributed by atoms with Crippen molar-refractivity contribution >= 4 is 16.8 Å². The van der Waals surface area contributed by atoms with E-state index in [1.165, 1.54) is 0 Å². The molecule has 0 bridgehead atoms. The van der Waals surface area contributed by atoms with Crippen LogP contribution in [0.2, 0.25) is 0 Å². The van der Waals surface area contributed by atoms with Gasteiger partial charge in [0.1, 0.15) is 0 Å². The monoisotopic (exact) mass is 278 g/mol. The molecule has 3 nitrogen and oxygen atoms in total. The van der Waals surface area contributed by atoms with Gasteiger partial charge in [0, 0.05) is 22.7 Å². The SMILES string of the molecule is CCC(NC(=O)c1ccc2[nH]ccc2c1)c1ccccc1. The number of fused-ring (bicyclic) bond motifs is 1. The van der Waals surface area contributed by atoms with Crippen molar-refractivity contribution in [2.45, 2.75) is 19.4 Å². The van der Waals surface area contributed by atoms with Crippen LogP contribution < -0.4 is 5.32 Å². The number of carbonyl (C=O) groups is 1. The van der Waals surface area contributed by atoms with Gasteiger partial charge in [0.25, 0.3) is 5.91 Å². The van der Waals surface area contributed by atoms with E-state index in [0.717, 1.165) is 22.9 Å². The average Bonchev–Trinajstić information content (AvgIpc) is 3.00. The minimum Gasteiger partial charge on any atom is -0.361 e. The van der Waals surface area contributed by atoms with Gasteiger partial charge in [0.05, 0.1) is 6.04 Å². The molecule has 1 heterocycles. The first-order valence-corrected chi connectivity index (χ1v) is 7.21. The van der Waals surface area contributed by atoms with Crippen molar-refractivity contribution in [3.63, 3.8) is 0 Å². The predicted octanol–water partition coefficient (Wildman–Crippen LogP) is 4.05. The summed E-state index contributed by atoms with van der Waals surface area (Å²) in [6, 6.07) is 17.8. The van der Waals surface area contributed by atoms with E-state index in [4.69, 9.17) is 0 Å². The summed E-state index contributed by atoms with van der Waals surface area (Å²) in [6.07, 6.45) is 2.74. The molecule has 0 aliphatic heterocycles. The van der Waals surface area contributed by atoms with Gasteiger partial charge < -0.3 is 10.3 Å². The number of carbonyl (C=O) groups excluding carboxylic acids is 1. The van der Waals surface area contributed by atoms with Crippen LogP contribution in [-0.4, -0.2) is 10.9 Å². The number of hydrogen-bond donors (Lipinski definition) is 2. The summed E-state index contributed by atoms with van der Waals surface area (Å²) in [6.45, 7) is 2.08. The quantitative estimate of drug-likeness (QED) is 0.743. The Morgan fingerprint density at radius 3 is 2.71 bits per heavy atom. The highest BCUT2D eigenvalue weighted by atomic mass is 16.1. The predicted molar refractivity (Wildman–Crippen MR) is 85.2 cm³/mol. The van der Waals surface area contributed by atoms with E-state index in [-0.39, 0.29) is 11.9 Å². The van der Waals surface area contributed by atoms with Gasteiger partial charge in [0.15, 0.2) is 0 Å². The van der Waals surface area contributed by atoms with Crippen molar-refractivity contribution in [3.05, 3.63) is 71.9 Å². The lowest BCUT2D eigenvalue weighted by Gasteiger charge is -2.17. The Balaban J connectivity index is 1.81. The van der Waals surface area contributed by atoms with E-state index in [2.05, 4.69) is 17.2 Å². The van der Waals surface area contributed by atoms with Crippen LogP contribution in [0.3, 0.4) is 0 Å². The van der Waals surface area contributed by atoms with Crippen molar-refractivity contribution in [1.29, 1.82) is 0 Å². The second-order valence-corrected chi connectivity index (χ2v) is 5.12. The van der Waals surface area contributed by atoms with Gasteiger partial charge in [-0.3, -0.25) is 4.79 Å². The Morgan fingerprint density at radius 1 is 1.14 bits per heavy atom. The number of benzene rings is 2. The smallest absolute Gasteiger partial charge is 0.251 e. The molecule has 3 rings (SSSR count). The van der Waals surface area contributed by atoms with E-state index in [0.29, 0.717) is 5.56 Å². The van der Waals surface area contributed by atoms with Crippen LogP contribution in [0.5, 0.6) is 0 Å². The minimum absolute atomic E-state index is 0.0335. The average molecular weight is 278 g/mol. The third kappa shape index (κ3) is 2.82. The van der Waals surface area contributed by atoms with Crippen molar-refractivity contribution in [3.8, 4) is 0 Å². The Bertz CT molecular complexity index is 746. The lowest BCUT2D eigenvalue weighted by molar-refractivity contribution is 0.0935. The molecule has 0 spiro atoms. The maximum atomic E-state index is 12.4. The maximum absolute atomic E-state index is 12.4. The minimum atomic E-state index is -0.0335. The van der Waals surface area contributed by atoms with Crippen LogP contribution >= 0.6 is 0 Å². The van der Waals surface area contributed by atoms with Crippen LogP contribution in [0.15, 0.2) is 60.8 Å². The molecule has 1 amide bonds. The summed E-state index contributed by atoms with van der Waals surface area (Å²) in [5, 5.41) is 4.16. The van der Waals surface area contributed by atoms with Gasteiger partial charge in [-0.25, -0.2) is 0 Å². The van der Waals surface area contributed by atoms with E-state index < -0.39 is 0 Å². The first kappa shape index (κ1) is 13.4. The summed E-state index contributed by atoms with van der Waals surface area (Å²) in [4.78, 5) is 15.6. The number of aromatic amines is 1. The molecule has 1 unspecified atom stereocenters. The van der Waals surface area contributed by atoms with Crippen LogP contribution in [0.4, 0.5) is 0 Å². The number of amides is 1. The topological polar surface area (TPSA) is 44.9 Å². The molecule has 3 aromatic rings. The van der Waals surface area contributed by atoms with E-state index in [9.17, 15) is 4.79 Å². The molecular weight excluding hydrogens is 260 g/mol. The zero-order valence-electron chi connectivity index (χ0n) is 12.0. The van der Waals surface area contributed by atoms with Gasteiger partial charge in [-0.05, 0) is 36.2 Å². The second kappa shape index (κ2) is 5.83. The zero-order chi connectivity index (χ0) is 14.7. The van der Waals surface area contributed by atoms with E-state index >= 15 is 0 Å². The molecular formula is C18H18N2O. The van der Waals surface area contributed by atoms with Gasteiger partial charge in [-0.2, -0.15) is 0 Å². The van der Waals surface area contributed by atoms with Crippen molar-refractivity contribution < 1.29 is 4.79 Å². The second-order valence-electron chi connectivity index (χ2n) is 5.12. The zero-order valence-corrected chi connectivity index (χ0v) is 12.0. The molecule has 21 heavy (non-hydrogen) atoms. The largest absolute Gasteiger partial charge is 0.361 e. The Kier molecular flexibility index (Phi) is 3.73. The Hall–Kier alpha value is -2.55. The molecule has 1 aromatic heterocycles. The molecule has 0 aliphatic carbocycles. The third-order valence-corrected chi connectivity index (χ3v) is 3.73. The maximum Gasteiger partial charge on any atom is 0.251 e.